The van der Waals surface area contributed by atoms with E-state index < -0.39 is 11.8 Å². The first kappa shape index (κ1) is 16.1. The lowest BCUT2D eigenvalue weighted by atomic mass is 10.1. The standard InChI is InChI=1S/C15H15BrN2O4/c1-9-3-4-10(2)12(7-9)21-8-14(19)17-18-15(20)11-5-6-13(16)22-11/h3-7H,8H2,1-2H3,(H,17,19)(H,18,20). The molecular weight excluding hydrogens is 352 g/mol. The van der Waals surface area contributed by atoms with E-state index in [0.717, 1.165) is 11.1 Å². The zero-order valence-corrected chi connectivity index (χ0v) is 13.7. The number of halogens is 1. The van der Waals surface area contributed by atoms with Gasteiger partial charge in [-0.2, -0.15) is 0 Å². The molecule has 0 spiro atoms. The molecule has 0 saturated carbocycles. The first-order valence-corrected chi connectivity index (χ1v) is 7.29. The van der Waals surface area contributed by atoms with Gasteiger partial charge in [-0.3, -0.25) is 20.4 Å². The Morgan fingerprint density at radius 1 is 1.18 bits per heavy atom. The molecule has 0 radical (unpaired) electrons. The number of carbonyl (C=O) groups is 2. The normalized spacial score (nSPS) is 10.1. The van der Waals surface area contributed by atoms with E-state index in [1.54, 1.807) is 6.07 Å². The van der Waals surface area contributed by atoms with Crippen molar-refractivity contribution >= 4 is 27.7 Å². The van der Waals surface area contributed by atoms with Crippen LogP contribution in [-0.4, -0.2) is 18.4 Å². The Bertz CT molecular complexity index is 697. The van der Waals surface area contributed by atoms with Crippen molar-refractivity contribution < 1.29 is 18.7 Å². The smallest absolute Gasteiger partial charge is 0.305 e. The number of furan rings is 1. The predicted molar refractivity (Wildman–Crippen MR) is 83.4 cm³/mol. The average molecular weight is 367 g/mol. The summed E-state index contributed by atoms with van der Waals surface area (Å²) in [7, 11) is 0. The molecule has 1 aromatic heterocycles. The quantitative estimate of drug-likeness (QED) is 0.814. The van der Waals surface area contributed by atoms with E-state index in [1.807, 2.05) is 32.0 Å². The minimum absolute atomic E-state index is 0.0858. The molecule has 7 heteroatoms. The van der Waals surface area contributed by atoms with Gasteiger partial charge in [-0.15, -0.1) is 0 Å². The number of nitrogens with one attached hydrogen (secondary N) is 2. The highest BCUT2D eigenvalue weighted by Gasteiger charge is 2.12. The molecule has 0 aliphatic rings. The third-order valence-electron chi connectivity index (χ3n) is 2.81. The van der Waals surface area contributed by atoms with Crippen LogP contribution in [-0.2, 0) is 4.79 Å². The van der Waals surface area contributed by atoms with Gasteiger partial charge in [-0.1, -0.05) is 12.1 Å². The van der Waals surface area contributed by atoms with E-state index in [9.17, 15) is 9.59 Å². The first-order valence-electron chi connectivity index (χ1n) is 6.50. The molecule has 0 aliphatic heterocycles. The summed E-state index contributed by atoms with van der Waals surface area (Å²) in [6, 6.07) is 8.79. The van der Waals surface area contributed by atoms with Gasteiger partial charge in [0.2, 0.25) is 0 Å². The molecule has 2 N–H and O–H groups in total. The van der Waals surface area contributed by atoms with E-state index in [-0.39, 0.29) is 12.4 Å². The van der Waals surface area contributed by atoms with E-state index in [1.165, 1.54) is 6.07 Å². The number of rotatable bonds is 4. The predicted octanol–water partition coefficient (Wildman–Crippen LogP) is 2.50. The van der Waals surface area contributed by atoms with Crippen molar-refractivity contribution in [2.75, 3.05) is 6.61 Å². The number of hydrogen-bond acceptors (Lipinski definition) is 4. The number of hydrogen-bond donors (Lipinski definition) is 2. The number of aryl methyl sites for hydroxylation is 2. The summed E-state index contributed by atoms with van der Waals surface area (Å²) in [5.74, 6) is -0.301. The number of hydrazine groups is 1. The molecule has 0 aliphatic carbocycles. The molecule has 22 heavy (non-hydrogen) atoms. The van der Waals surface area contributed by atoms with Gasteiger partial charge >= 0.3 is 5.91 Å². The highest BCUT2D eigenvalue weighted by atomic mass is 79.9. The lowest BCUT2D eigenvalue weighted by Gasteiger charge is -2.10. The third-order valence-corrected chi connectivity index (χ3v) is 3.24. The maximum Gasteiger partial charge on any atom is 0.305 e. The number of amides is 2. The molecule has 2 amide bonds. The van der Waals surface area contributed by atoms with Gasteiger partial charge in [0.15, 0.2) is 17.0 Å². The van der Waals surface area contributed by atoms with Gasteiger partial charge in [-0.05, 0) is 59.1 Å². The van der Waals surface area contributed by atoms with Crippen LogP contribution >= 0.6 is 15.9 Å². The van der Waals surface area contributed by atoms with Gasteiger partial charge in [0, 0.05) is 0 Å². The second kappa shape index (κ2) is 7.13. The molecule has 0 atom stereocenters. The summed E-state index contributed by atoms with van der Waals surface area (Å²) in [4.78, 5) is 23.3. The molecule has 0 fully saturated rings. The Kier molecular flexibility index (Phi) is 5.21. The fraction of sp³-hybridized carbons (Fsp3) is 0.200. The molecule has 2 aromatic rings. The molecule has 0 bridgehead atoms. The molecular formula is C15H15BrN2O4. The first-order chi connectivity index (χ1) is 10.5. The van der Waals surface area contributed by atoms with E-state index in [4.69, 9.17) is 9.15 Å². The van der Waals surface area contributed by atoms with Crippen LogP contribution in [0.2, 0.25) is 0 Å². The third kappa shape index (κ3) is 4.36. The van der Waals surface area contributed by atoms with Crippen molar-refractivity contribution in [1.82, 2.24) is 10.9 Å². The lowest BCUT2D eigenvalue weighted by molar-refractivity contribution is -0.123. The fourth-order valence-electron chi connectivity index (χ4n) is 1.67. The van der Waals surface area contributed by atoms with E-state index >= 15 is 0 Å². The van der Waals surface area contributed by atoms with Crippen molar-refractivity contribution in [3.05, 3.63) is 51.9 Å². The van der Waals surface area contributed by atoms with Gasteiger partial charge in [0.25, 0.3) is 5.91 Å². The maximum atomic E-state index is 11.7. The van der Waals surface area contributed by atoms with Crippen LogP contribution < -0.4 is 15.6 Å². The second-order valence-electron chi connectivity index (χ2n) is 4.66. The summed E-state index contributed by atoms with van der Waals surface area (Å²) in [5, 5.41) is 0. The molecule has 6 nitrogen and oxygen atoms in total. The summed E-state index contributed by atoms with van der Waals surface area (Å²) >= 11 is 3.09. The molecule has 0 saturated heterocycles. The zero-order valence-electron chi connectivity index (χ0n) is 12.1. The molecule has 0 unspecified atom stereocenters. The molecule has 116 valence electrons. The number of benzene rings is 1. The lowest BCUT2D eigenvalue weighted by Crippen LogP contribution is -2.43. The van der Waals surface area contributed by atoms with Crippen LogP contribution in [0, 0.1) is 13.8 Å². The van der Waals surface area contributed by atoms with Crippen LogP contribution in [0.5, 0.6) is 5.75 Å². The van der Waals surface area contributed by atoms with E-state index in [2.05, 4.69) is 26.8 Å². The van der Waals surface area contributed by atoms with Gasteiger partial charge in [-0.25, -0.2) is 0 Å². The molecule has 1 aromatic carbocycles. The minimum atomic E-state index is -0.550. The van der Waals surface area contributed by atoms with Crippen LogP contribution in [0.15, 0.2) is 39.4 Å². The Labute approximate surface area is 135 Å². The maximum absolute atomic E-state index is 11.7. The van der Waals surface area contributed by atoms with E-state index in [0.29, 0.717) is 10.4 Å². The number of ether oxygens (including phenoxy) is 1. The summed E-state index contributed by atoms with van der Waals surface area (Å²) in [6.07, 6.45) is 0. The topological polar surface area (TPSA) is 80.6 Å². The van der Waals surface area contributed by atoms with Crippen LogP contribution in [0.4, 0.5) is 0 Å². The Morgan fingerprint density at radius 2 is 1.95 bits per heavy atom. The van der Waals surface area contributed by atoms with Crippen molar-refractivity contribution in [3.63, 3.8) is 0 Å². The summed E-state index contributed by atoms with van der Waals surface area (Å²) < 4.78 is 10.9. The van der Waals surface area contributed by atoms with Crippen LogP contribution in [0.25, 0.3) is 0 Å². The Hall–Kier alpha value is -2.28. The number of carbonyl (C=O) groups excluding carboxylic acids is 2. The largest absolute Gasteiger partial charge is 0.483 e. The van der Waals surface area contributed by atoms with Crippen LogP contribution in [0.3, 0.4) is 0 Å². The van der Waals surface area contributed by atoms with Crippen LogP contribution in [0.1, 0.15) is 21.7 Å². The highest BCUT2D eigenvalue weighted by molar-refractivity contribution is 9.10. The average Bonchev–Trinajstić information content (AvgIpc) is 2.92. The van der Waals surface area contributed by atoms with Gasteiger partial charge < -0.3 is 9.15 Å². The highest BCUT2D eigenvalue weighted by Crippen LogP contribution is 2.18. The van der Waals surface area contributed by atoms with Crippen molar-refractivity contribution in [2.45, 2.75) is 13.8 Å². The van der Waals surface area contributed by atoms with Crippen molar-refractivity contribution in [2.24, 2.45) is 0 Å². The molecule has 1 heterocycles. The SMILES string of the molecule is Cc1ccc(C)c(OCC(=O)NNC(=O)c2ccc(Br)o2)c1. The minimum Gasteiger partial charge on any atom is -0.483 e. The van der Waals surface area contributed by atoms with Gasteiger partial charge in [0.1, 0.15) is 5.75 Å². The van der Waals surface area contributed by atoms with Crippen molar-refractivity contribution in [1.29, 1.82) is 0 Å². The van der Waals surface area contributed by atoms with Crippen molar-refractivity contribution in [3.8, 4) is 5.75 Å². The summed E-state index contributed by atoms with van der Waals surface area (Å²) in [5.41, 5.74) is 6.47. The zero-order chi connectivity index (χ0) is 16.1. The fourth-order valence-corrected chi connectivity index (χ4v) is 1.97. The molecule has 2 rings (SSSR count). The van der Waals surface area contributed by atoms with Gasteiger partial charge in [0.05, 0.1) is 0 Å². The Morgan fingerprint density at radius 3 is 2.64 bits per heavy atom. The monoisotopic (exact) mass is 366 g/mol. The summed E-state index contributed by atoms with van der Waals surface area (Å²) in [6.45, 7) is 3.63. The second-order valence-corrected chi connectivity index (χ2v) is 5.45. The Balaban J connectivity index is 1.81.